The molecule has 136 valence electrons. The molecule has 26 heavy (non-hydrogen) atoms. The van der Waals surface area contributed by atoms with Crippen molar-refractivity contribution in [3.05, 3.63) is 51.4 Å². The number of nitrogens with two attached hydrogens (primary N) is 1. The van der Waals surface area contributed by atoms with Crippen LogP contribution >= 0.6 is 11.6 Å². The molecule has 0 bridgehead atoms. The van der Waals surface area contributed by atoms with Crippen molar-refractivity contribution in [2.24, 2.45) is 5.73 Å². The Kier molecular flexibility index (Phi) is 5.17. The number of aromatic nitrogens is 2. The van der Waals surface area contributed by atoms with Crippen molar-refractivity contribution in [2.75, 3.05) is 18.0 Å². The number of nitrogens with zero attached hydrogens (tertiary/aromatic N) is 4. The van der Waals surface area contributed by atoms with E-state index in [-0.39, 0.29) is 22.5 Å². The topological polar surface area (TPSA) is 124 Å². The highest BCUT2D eigenvalue weighted by Crippen LogP contribution is 2.29. The summed E-state index contributed by atoms with van der Waals surface area (Å²) in [7, 11) is 0. The largest absolute Gasteiger partial charge is 0.490 e. The quantitative estimate of drug-likeness (QED) is 0.625. The van der Waals surface area contributed by atoms with Crippen molar-refractivity contribution < 1.29 is 14.5 Å². The van der Waals surface area contributed by atoms with Crippen molar-refractivity contribution in [3.63, 3.8) is 0 Å². The summed E-state index contributed by atoms with van der Waals surface area (Å²) in [5.74, 6) is 0.457. The molecule has 0 atom stereocenters. The molecular weight excluding hydrogens is 362 g/mol. The first-order valence-electron chi connectivity index (χ1n) is 7.91. The molecule has 3 rings (SSSR count). The normalized spacial score (nSPS) is 14.9. The molecule has 3 heterocycles. The first-order chi connectivity index (χ1) is 12.4. The molecule has 2 aromatic heterocycles. The Labute approximate surface area is 153 Å². The predicted octanol–water partition coefficient (Wildman–Crippen LogP) is 2.18. The molecule has 0 radical (unpaired) electrons. The number of piperidine rings is 1. The number of nitro groups is 1. The van der Waals surface area contributed by atoms with E-state index in [0.717, 1.165) is 0 Å². The summed E-state index contributed by atoms with van der Waals surface area (Å²) in [5.41, 5.74) is 5.23. The van der Waals surface area contributed by atoms with Gasteiger partial charge >= 0.3 is 0 Å². The number of carbonyl (C=O) groups is 1. The summed E-state index contributed by atoms with van der Waals surface area (Å²) in [6.45, 7) is 1.28. The lowest BCUT2D eigenvalue weighted by Crippen LogP contribution is -2.38. The fraction of sp³-hybridized carbons (Fsp3) is 0.312. The van der Waals surface area contributed by atoms with Crippen molar-refractivity contribution in [2.45, 2.75) is 18.9 Å². The van der Waals surface area contributed by atoms with Gasteiger partial charge in [-0.2, -0.15) is 0 Å². The van der Waals surface area contributed by atoms with Gasteiger partial charge in [0.2, 0.25) is 0 Å². The zero-order chi connectivity index (χ0) is 18.7. The van der Waals surface area contributed by atoms with Gasteiger partial charge in [-0.25, -0.2) is 4.98 Å². The van der Waals surface area contributed by atoms with E-state index < -0.39 is 10.8 Å². The summed E-state index contributed by atoms with van der Waals surface area (Å²) in [6, 6.07) is 4.49. The fourth-order valence-electron chi connectivity index (χ4n) is 2.75. The Morgan fingerprint density at radius 3 is 2.69 bits per heavy atom. The Balaban J connectivity index is 1.62. The van der Waals surface area contributed by atoms with Crippen molar-refractivity contribution in [3.8, 4) is 5.75 Å². The van der Waals surface area contributed by atoms with E-state index in [2.05, 4.69) is 9.97 Å². The average Bonchev–Trinajstić information content (AvgIpc) is 2.62. The molecule has 10 heteroatoms. The molecule has 1 fully saturated rings. The maximum Gasteiger partial charge on any atom is 0.289 e. The van der Waals surface area contributed by atoms with Crippen LogP contribution in [0.4, 0.5) is 11.5 Å². The Hall–Kier alpha value is -2.94. The van der Waals surface area contributed by atoms with Crippen LogP contribution in [-0.2, 0) is 0 Å². The third-order valence-electron chi connectivity index (χ3n) is 4.05. The number of rotatable bonds is 5. The highest BCUT2D eigenvalue weighted by molar-refractivity contribution is 6.33. The first-order valence-corrected chi connectivity index (χ1v) is 8.29. The van der Waals surface area contributed by atoms with Gasteiger partial charge in [-0.05, 0) is 6.07 Å². The van der Waals surface area contributed by atoms with E-state index in [4.69, 9.17) is 22.1 Å². The number of primary amides is 1. The molecule has 1 amide bonds. The van der Waals surface area contributed by atoms with E-state index in [1.807, 2.05) is 4.90 Å². The van der Waals surface area contributed by atoms with Gasteiger partial charge in [-0.1, -0.05) is 11.6 Å². The number of anilines is 1. The van der Waals surface area contributed by atoms with Crippen LogP contribution in [0.3, 0.4) is 0 Å². The lowest BCUT2D eigenvalue weighted by molar-refractivity contribution is -0.385. The van der Waals surface area contributed by atoms with Gasteiger partial charge in [0, 0.05) is 44.3 Å². The summed E-state index contributed by atoms with van der Waals surface area (Å²) >= 11 is 6.13. The van der Waals surface area contributed by atoms with Crippen LogP contribution in [0.25, 0.3) is 0 Å². The molecule has 1 saturated heterocycles. The van der Waals surface area contributed by atoms with Crippen LogP contribution in [0.1, 0.15) is 23.3 Å². The summed E-state index contributed by atoms with van der Waals surface area (Å²) < 4.78 is 5.89. The van der Waals surface area contributed by atoms with Gasteiger partial charge in [-0.15, -0.1) is 0 Å². The van der Waals surface area contributed by atoms with Crippen LogP contribution in [0.5, 0.6) is 5.75 Å². The molecule has 0 spiro atoms. The van der Waals surface area contributed by atoms with Gasteiger partial charge in [0.1, 0.15) is 29.6 Å². The lowest BCUT2D eigenvalue weighted by Gasteiger charge is -2.33. The van der Waals surface area contributed by atoms with Crippen LogP contribution in [-0.4, -0.2) is 40.0 Å². The second kappa shape index (κ2) is 7.52. The van der Waals surface area contributed by atoms with E-state index in [9.17, 15) is 14.9 Å². The molecule has 2 aromatic rings. The number of carbonyl (C=O) groups excluding carboxylic acids is 1. The first kappa shape index (κ1) is 17.9. The van der Waals surface area contributed by atoms with E-state index in [1.165, 1.54) is 24.5 Å². The SMILES string of the molecule is NC(=O)c1cc(OC2CCN(c3ncc([N+](=O)[O-])cc3Cl)CC2)ccn1. The van der Waals surface area contributed by atoms with Gasteiger partial charge in [0.25, 0.3) is 11.6 Å². The second-order valence-corrected chi connectivity index (χ2v) is 6.21. The van der Waals surface area contributed by atoms with E-state index >= 15 is 0 Å². The van der Waals surface area contributed by atoms with Crippen LogP contribution in [0.2, 0.25) is 5.02 Å². The molecule has 0 saturated carbocycles. The minimum absolute atomic E-state index is 0.0359. The third-order valence-corrected chi connectivity index (χ3v) is 4.32. The predicted molar refractivity (Wildman–Crippen MR) is 94.5 cm³/mol. The molecule has 0 unspecified atom stereocenters. The van der Waals surface area contributed by atoms with Crippen molar-refractivity contribution >= 4 is 29.0 Å². The average molecular weight is 378 g/mol. The minimum Gasteiger partial charge on any atom is -0.490 e. The Bertz CT molecular complexity index is 839. The van der Waals surface area contributed by atoms with Gasteiger partial charge in [0.05, 0.1) is 9.95 Å². The molecule has 2 N–H and O–H groups in total. The van der Waals surface area contributed by atoms with E-state index in [1.54, 1.807) is 6.07 Å². The molecule has 9 nitrogen and oxygen atoms in total. The van der Waals surface area contributed by atoms with Crippen molar-refractivity contribution in [1.29, 1.82) is 0 Å². The number of ether oxygens (including phenoxy) is 1. The lowest BCUT2D eigenvalue weighted by atomic mass is 10.1. The number of hydrogen-bond donors (Lipinski definition) is 1. The summed E-state index contributed by atoms with van der Waals surface area (Å²) in [4.78, 5) is 31.4. The van der Waals surface area contributed by atoms with Crippen LogP contribution in [0.15, 0.2) is 30.6 Å². The Morgan fingerprint density at radius 1 is 1.35 bits per heavy atom. The standard InChI is InChI=1S/C16H16ClN5O4/c17-13-7-10(22(24)25)9-20-16(13)21-5-2-11(3-6-21)26-12-1-4-19-14(8-12)15(18)23/h1,4,7-9,11H,2-3,5-6H2,(H2,18,23). The smallest absolute Gasteiger partial charge is 0.289 e. The summed E-state index contributed by atoms with van der Waals surface area (Å²) in [6.07, 6.45) is 4.06. The highest BCUT2D eigenvalue weighted by Gasteiger charge is 2.24. The molecule has 0 aliphatic carbocycles. The zero-order valence-electron chi connectivity index (χ0n) is 13.7. The van der Waals surface area contributed by atoms with E-state index in [0.29, 0.717) is 37.5 Å². The van der Waals surface area contributed by atoms with Crippen LogP contribution < -0.4 is 15.4 Å². The fourth-order valence-corrected chi connectivity index (χ4v) is 3.03. The molecule has 1 aliphatic heterocycles. The van der Waals surface area contributed by atoms with Gasteiger partial charge < -0.3 is 15.4 Å². The molecular formula is C16H16ClN5O4. The monoisotopic (exact) mass is 377 g/mol. The molecule has 0 aromatic carbocycles. The van der Waals surface area contributed by atoms with Crippen molar-refractivity contribution in [1.82, 2.24) is 9.97 Å². The van der Waals surface area contributed by atoms with Gasteiger partial charge in [0.15, 0.2) is 0 Å². The number of hydrogen-bond acceptors (Lipinski definition) is 7. The maximum absolute atomic E-state index is 11.2. The Morgan fingerprint density at radius 2 is 2.08 bits per heavy atom. The molecule has 1 aliphatic rings. The highest BCUT2D eigenvalue weighted by atomic mass is 35.5. The van der Waals surface area contributed by atoms with Crippen LogP contribution in [0, 0.1) is 10.1 Å². The van der Waals surface area contributed by atoms with Gasteiger partial charge in [-0.3, -0.25) is 19.9 Å². The number of pyridine rings is 2. The zero-order valence-corrected chi connectivity index (χ0v) is 14.4. The minimum atomic E-state index is -0.607. The summed E-state index contributed by atoms with van der Waals surface area (Å²) in [5, 5.41) is 11.0. The third kappa shape index (κ3) is 3.99. The second-order valence-electron chi connectivity index (χ2n) is 5.80. The number of amides is 1. The number of halogens is 1. The maximum atomic E-state index is 11.2.